The van der Waals surface area contributed by atoms with Gasteiger partial charge in [0.1, 0.15) is 5.60 Å². The van der Waals surface area contributed by atoms with Crippen LogP contribution in [0.4, 0.5) is 0 Å². The fourth-order valence-corrected chi connectivity index (χ4v) is 2.37. The molecule has 2 unspecified atom stereocenters. The van der Waals surface area contributed by atoms with Gasteiger partial charge in [0.25, 0.3) is 0 Å². The second kappa shape index (κ2) is 4.74. The van der Waals surface area contributed by atoms with Crippen LogP contribution in [0.5, 0.6) is 0 Å². The standard InChI is InChI=1S/C16H28O4/c1-9-15(7,13(2,3)4)12(18)20-16(8)10-11(17)19-14(16,5)6/h9-10H2,1-8H3. The van der Waals surface area contributed by atoms with Gasteiger partial charge in [-0.1, -0.05) is 27.7 Å². The highest BCUT2D eigenvalue weighted by molar-refractivity contribution is 5.80. The molecule has 0 spiro atoms. The molecule has 0 aromatic carbocycles. The quantitative estimate of drug-likeness (QED) is 0.745. The van der Waals surface area contributed by atoms with E-state index in [0.717, 1.165) is 0 Å². The number of hydrogen-bond donors (Lipinski definition) is 0. The van der Waals surface area contributed by atoms with E-state index in [0.29, 0.717) is 6.42 Å². The lowest BCUT2D eigenvalue weighted by atomic mass is 9.66. The summed E-state index contributed by atoms with van der Waals surface area (Å²) in [6, 6.07) is 0. The Morgan fingerprint density at radius 3 is 2.05 bits per heavy atom. The van der Waals surface area contributed by atoms with Gasteiger partial charge in [-0.15, -0.1) is 0 Å². The van der Waals surface area contributed by atoms with Crippen LogP contribution in [0.1, 0.15) is 68.2 Å². The zero-order valence-corrected chi connectivity index (χ0v) is 14.0. The smallest absolute Gasteiger partial charge is 0.313 e. The Kier molecular flexibility index (Phi) is 4.03. The molecule has 1 aliphatic heterocycles. The van der Waals surface area contributed by atoms with Gasteiger partial charge in [0, 0.05) is 0 Å². The van der Waals surface area contributed by atoms with Gasteiger partial charge in [0.05, 0.1) is 11.8 Å². The molecule has 1 rings (SSSR count). The van der Waals surface area contributed by atoms with Crippen LogP contribution in [-0.4, -0.2) is 23.1 Å². The molecule has 0 bridgehead atoms. The maximum Gasteiger partial charge on any atom is 0.313 e. The normalized spacial score (nSPS) is 28.7. The first-order valence-corrected chi connectivity index (χ1v) is 7.24. The Labute approximate surface area is 122 Å². The summed E-state index contributed by atoms with van der Waals surface area (Å²) in [4.78, 5) is 24.3. The molecule has 0 N–H and O–H groups in total. The highest BCUT2D eigenvalue weighted by Crippen LogP contribution is 2.46. The van der Waals surface area contributed by atoms with Crippen molar-refractivity contribution in [1.29, 1.82) is 0 Å². The molecule has 20 heavy (non-hydrogen) atoms. The molecular formula is C16H28O4. The Bertz CT molecular complexity index is 419. The third-order valence-corrected chi connectivity index (χ3v) is 5.26. The van der Waals surface area contributed by atoms with Gasteiger partial charge < -0.3 is 9.47 Å². The molecule has 1 fully saturated rings. The third kappa shape index (κ3) is 2.57. The first-order chi connectivity index (χ1) is 8.79. The highest BCUT2D eigenvalue weighted by Gasteiger charge is 2.57. The fourth-order valence-electron chi connectivity index (χ4n) is 2.37. The predicted octanol–water partition coefficient (Wildman–Crippen LogP) is 3.48. The minimum atomic E-state index is -0.914. The number of carbonyl (C=O) groups excluding carboxylic acids is 2. The van der Waals surface area contributed by atoms with E-state index in [1.807, 2.05) is 34.6 Å². The van der Waals surface area contributed by atoms with E-state index in [2.05, 4.69) is 0 Å². The van der Waals surface area contributed by atoms with Gasteiger partial charge >= 0.3 is 11.9 Å². The summed E-state index contributed by atoms with van der Waals surface area (Å²) in [6.07, 6.45) is 0.788. The number of esters is 2. The van der Waals surface area contributed by atoms with Crippen LogP contribution < -0.4 is 0 Å². The van der Waals surface area contributed by atoms with Gasteiger partial charge in [-0.2, -0.15) is 0 Å². The largest absolute Gasteiger partial charge is 0.455 e. The van der Waals surface area contributed by atoms with Gasteiger partial charge in [-0.3, -0.25) is 9.59 Å². The van der Waals surface area contributed by atoms with Gasteiger partial charge in [0.15, 0.2) is 5.60 Å². The van der Waals surface area contributed by atoms with Gasteiger partial charge in [0.2, 0.25) is 0 Å². The zero-order valence-electron chi connectivity index (χ0n) is 14.0. The molecule has 0 radical (unpaired) electrons. The molecule has 4 nitrogen and oxygen atoms in total. The number of ether oxygens (including phenoxy) is 2. The Morgan fingerprint density at radius 1 is 1.25 bits per heavy atom. The summed E-state index contributed by atoms with van der Waals surface area (Å²) < 4.78 is 11.1. The summed E-state index contributed by atoms with van der Waals surface area (Å²) in [5, 5.41) is 0. The van der Waals surface area contributed by atoms with Crippen LogP contribution in [0.3, 0.4) is 0 Å². The van der Waals surface area contributed by atoms with E-state index in [1.54, 1.807) is 20.8 Å². The third-order valence-electron chi connectivity index (χ3n) is 5.26. The summed E-state index contributed by atoms with van der Waals surface area (Å²) >= 11 is 0. The first kappa shape index (κ1) is 17.0. The van der Waals surface area contributed by atoms with Crippen molar-refractivity contribution in [3.05, 3.63) is 0 Å². The summed E-state index contributed by atoms with van der Waals surface area (Å²) in [5.74, 6) is -0.583. The average Bonchev–Trinajstić information content (AvgIpc) is 2.43. The van der Waals surface area contributed by atoms with Crippen LogP contribution in [-0.2, 0) is 19.1 Å². The van der Waals surface area contributed by atoms with Crippen molar-refractivity contribution in [3.63, 3.8) is 0 Å². The van der Waals surface area contributed by atoms with Gasteiger partial charge in [-0.05, 0) is 39.5 Å². The van der Waals surface area contributed by atoms with Crippen molar-refractivity contribution in [2.24, 2.45) is 10.8 Å². The van der Waals surface area contributed by atoms with Crippen molar-refractivity contribution in [2.75, 3.05) is 0 Å². The maximum absolute atomic E-state index is 12.7. The molecule has 4 heteroatoms. The Balaban J connectivity index is 3.04. The summed E-state index contributed by atoms with van der Waals surface area (Å²) in [6.45, 7) is 15.3. The van der Waals surface area contributed by atoms with E-state index in [9.17, 15) is 9.59 Å². The Hall–Kier alpha value is -1.06. The van der Waals surface area contributed by atoms with Crippen LogP contribution >= 0.6 is 0 Å². The second-order valence-electron chi connectivity index (χ2n) is 7.72. The minimum absolute atomic E-state index is 0.107. The van der Waals surface area contributed by atoms with Crippen LogP contribution in [0, 0.1) is 10.8 Å². The monoisotopic (exact) mass is 284 g/mol. The lowest BCUT2D eigenvalue weighted by Crippen LogP contribution is -2.51. The van der Waals surface area contributed by atoms with Crippen molar-refractivity contribution in [2.45, 2.75) is 79.4 Å². The molecule has 0 aliphatic carbocycles. The molecule has 1 saturated heterocycles. The maximum atomic E-state index is 12.7. The number of hydrogen-bond acceptors (Lipinski definition) is 4. The van der Waals surface area contributed by atoms with Crippen molar-refractivity contribution < 1.29 is 19.1 Å². The van der Waals surface area contributed by atoms with Crippen molar-refractivity contribution >= 4 is 11.9 Å². The zero-order chi connectivity index (χ0) is 16.0. The van der Waals surface area contributed by atoms with E-state index in [-0.39, 0.29) is 23.8 Å². The topological polar surface area (TPSA) is 52.6 Å². The number of rotatable bonds is 3. The molecule has 1 aliphatic rings. The molecule has 2 atom stereocenters. The minimum Gasteiger partial charge on any atom is -0.455 e. The van der Waals surface area contributed by atoms with Gasteiger partial charge in [-0.25, -0.2) is 0 Å². The fraction of sp³-hybridized carbons (Fsp3) is 0.875. The van der Waals surface area contributed by atoms with Crippen LogP contribution in [0.25, 0.3) is 0 Å². The molecule has 0 amide bonds. The molecule has 0 aromatic rings. The second-order valence-corrected chi connectivity index (χ2v) is 7.72. The van der Waals surface area contributed by atoms with E-state index >= 15 is 0 Å². The lowest BCUT2D eigenvalue weighted by molar-refractivity contribution is -0.191. The molecular weight excluding hydrogens is 256 g/mol. The number of carbonyl (C=O) groups is 2. The van der Waals surface area contributed by atoms with Crippen LogP contribution in [0.15, 0.2) is 0 Å². The molecule has 0 saturated carbocycles. The predicted molar refractivity (Wildman–Crippen MR) is 77.1 cm³/mol. The SMILES string of the molecule is CCC(C)(C(=O)OC1(C)CC(=O)OC1(C)C)C(C)(C)C. The van der Waals surface area contributed by atoms with Crippen molar-refractivity contribution in [1.82, 2.24) is 0 Å². The van der Waals surface area contributed by atoms with Crippen LogP contribution in [0.2, 0.25) is 0 Å². The lowest BCUT2D eigenvalue weighted by Gasteiger charge is -2.43. The van der Waals surface area contributed by atoms with E-state index in [1.165, 1.54) is 0 Å². The number of cyclic esters (lactones) is 1. The molecule has 1 heterocycles. The first-order valence-electron chi connectivity index (χ1n) is 7.24. The summed E-state index contributed by atoms with van der Waals surface area (Å²) in [5.41, 5.74) is -2.53. The molecule has 116 valence electrons. The average molecular weight is 284 g/mol. The van der Waals surface area contributed by atoms with Crippen molar-refractivity contribution in [3.8, 4) is 0 Å². The highest BCUT2D eigenvalue weighted by atomic mass is 16.6. The van der Waals surface area contributed by atoms with E-state index in [4.69, 9.17) is 9.47 Å². The molecule has 0 aromatic heterocycles. The Morgan fingerprint density at radius 2 is 1.75 bits per heavy atom. The summed E-state index contributed by atoms with van der Waals surface area (Å²) in [7, 11) is 0. The van der Waals surface area contributed by atoms with E-state index < -0.39 is 16.6 Å².